The van der Waals surface area contributed by atoms with Crippen LogP contribution in [-0.4, -0.2) is 181 Å². The van der Waals surface area contributed by atoms with Crippen molar-refractivity contribution in [3.8, 4) is 0 Å². The summed E-state index contributed by atoms with van der Waals surface area (Å²) in [5.41, 5.74) is 2.61. The number of rotatable bonds is 12. The number of carbonyl (C=O) groups excluding carboxylic acids is 4. The Balaban J connectivity index is 0.000000174. The Hall–Kier alpha value is -6.30. The van der Waals surface area contributed by atoms with E-state index in [1.54, 1.807) is 75.6 Å². The lowest BCUT2D eigenvalue weighted by Crippen LogP contribution is -2.49. The average Bonchev–Trinajstić information content (AvgIpc) is 1.67. The van der Waals surface area contributed by atoms with Crippen molar-refractivity contribution >= 4 is 44.6 Å². The van der Waals surface area contributed by atoms with Gasteiger partial charge in [-0.25, -0.2) is 19.2 Å². The lowest BCUT2D eigenvalue weighted by atomic mass is 10.1. The molecule has 508 valence electrons. The van der Waals surface area contributed by atoms with Gasteiger partial charge in [0.1, 0.15) is 22.4 Å². The van der Waals surface area contributed by atoms with Gasteiger partial charge in [0.15, 0.2) is 0 Å². The fraction of sp³-hybridized carbons (Fsp3) is 0.600. The van der Waals surface area contributed by atoms with Crippen molar-refractivity contribution in [3.63, 3.8) is 0 Å². The van der Waals surface area contributed by atoms with Crippen LogP contribution in [0.4, 0.5) is 19.2 Å². The van der Waals surface area contributed by atoms with Crippen LogP contribution >= 0.6 is 0 Å². The minimum atomic E-state index is -3.86. The number of likely N-dealkylation sites (tertiary alicyclic amines) is 6. The van der Waals surface area contributed by atoms with Gasteiger partial charge in [0.2, 0.25) is 0 Å². The first-order valence-corrected chi connectivity index (χ1v) is 35.2. The van der Waals surface area contributed by atoms with E-state index in [0.29, 0.717) is 49.9 Å². The molecule has 8 atom stereocenters. The van der Waals surface area contributed by atoms with E-state index in [4.69, 9.17) is 27.3 Å². The van der Waals surface area contributed by atoms with E-state index in [9.17, 15) is 36.0 Å². The molecule has 4 aromatic carbocycles. The lowest BCUT2D eigenvalue weighted by Gasteiger charge is -2.35. The maximum Gasteiger partial charge on any atom is 0.410 e. The van der Waals surface area contributed by atoms with Gasteiger partial charge >= 0.3 is 24.4 Å². The molecule has 0 unspecified atom stereocenters. The molecule has 22 heteroatoms. The molecule has 0 radical (unpaired) electrons. The number of nitrogens with zero attached hydrogens (tertiary/aromatic N) is 6. The van der Waals surface area contributed by atoms with E-state index in [0.717, 1.165) is 63.2 Å². The van der Waals surface area contributed by atoms with E-state index in [2.05, 4.69) is 58.3 Å². The SMILES string of the molecule is CC(C)(C)OC(=O)N1C[C@@H]2C[C@H]1CN2Cc1ccccc1.CC(C)(C)OC(=O)N1C[C@H]2C[C@@H]1CN2Cc1ccccc1.CC[C@@H]1C[C@@H](OS(=O)(=O)c2ccc(C)cc2)CN1C(=O)OC(C)(C)C.CC[C@H]1C[C@H](OS(=O)(=O)c2ccc(C)cc2)CN1C(=O)OC(C)(C)C. The Labute approximate surface area is 548 Å². The molecule has 4 aromatic rings. The summed E-state index contributed by atoms with van der Waals surface area (Å²) in [6.45, 7) is 35.9. The van der Waals surface area contributed by atoms with Crippen LogP contribution in [0.5, 0.6) is 0 Å². The van der Waals surface area contributed by atoms with Gasteiger partial charge in [0.05, 0.1) is 35.1 Å². The van der Waals surface area contributed by atoms with E-state index in [1.807, 2.05) is 91.2 Å². The summed E-state index contributed by atoms with van der Waals surface area (Å²) in [7, 11) is -7.71. The molecule has 6 aliphatic heterocycles. The summed E-state index contributed by atoms with van der Waals surface area (Å²) in [6.07, 6.45) is 2.21. The highest BCUT2D eigenvalue weighted by Crippen LogP contribution is 2.36. The van der Waals surface area contributed by atoms with Crippen LogP contribution < -0.4 is 0 Å². The predicted molar refractivity (Wildman–Crippen MR) is 354 cm³/mol. The summed E-state index contributed by atoms with van der Waals surface area (Å²) in [5, 5.41) is 0. The van der Waals surface area contributed by atoms with E-state index >= 15 is 0 Å². The Morgan fingerprint density at radius 3 is 0.946 bits per heavy atom. The minimum absolute atomic E-state index is 0.0898. The van der Waals surface area contributed by atoms with E-state index < -0.39 is 67.0 Å². The molecule has 92 heavy (non-hydrogen) atoms. The van der Waals surface area contributed by atoms with Crippen LogP contribution in [0.25, 0.3) is 0 Å². The third kappa shape index (κ3) is 21.4. The smallest absolute Gasteiger partial charge is 0.410 e. The zero-order chi connectivity index (χ0) is 67.7. The summed E-state index contributed by atoms with van der Waals surface area (Å²) in [6, 6.07) is 35.5. The molecule has 10 rings (SSSR count). The van der Waals surface area contributed by atoms with Gasteiger partial charge in [-0.1, -0.05) is 110 Å². The van der Waals surface area contributed by atoms with Gasteiger partial charge in [-0.15, -0.1) is 0 Å². The summed E-state index contributed by atoms with van der Waals surface area (Å²) in [4.78, 5) is 61.3. The summed E-state index contributed by atoms with van der Waals surface area (Å²) < 4.78 is 82.4. The number of hydrogen-bond acceptors (Lipinski definition) is 16. The first-order valence-electron chi connectivity index (χ1n) is 32.4. The normalized spacial score (nSPS) is 23.2. The lowest BCUT2D eigenvalue weighted by molar-refractivity contribution is 0.0114. The number of ether oxygens (including phenoxy) is 4. The van der Waals surface area contributed by atoms with Crippen molar-refractivity contribution in [2.24, 2.45) is 0 Å². The molecule has 6 heterocycles. The van der Waals surface area contributed by atoms with Crippen molar-refractivity contribution < 1.29 is 63.3 Å². The number of fused-ring (bicyclic) bond motifs is 4. The van der Waals surface area contributed by atoms with Crippen LogP contribution in [0.2, 0.25) is 0 Å². The summed E-state index contributed by atoms with van der Waals surface area (Å²) in [5.74, 6) is 0. The van der Waals surface area contributed by atoms with Crippen LogP contribution in [-0.2, 0) is 60.6 Å². The molecule has 0 N–H and O–H groups in total. The van der Waals surface area contributed by atoms with Crippen molar-refractivity contribution in [2.75, 3.05) is 39.3 Å². The van der Waals surface area contributed by atoms with Gasteiger partial charge in [-0.05, 0) is 171 Å². The number of piperazine rings is 2. The number of hydrogen-bond donors (Lipinski definition) is 0. The second kappa shape index (κ2) is 30.4. The van der Waals surface area contributed by atoms with Crippen LogP contribution in [0, 0.1) is 13.8 Å². The fourth-order valence-corrected chi connectivity index (χ4v) is 14.4. The largest absolute Gasteiger partial charge is 0.444 e. The molecule has 6 aliphatic rings. The fourth-order valence-electron chi connectivity index (χ4n) is 12.2. The Kier molecular flexibility index (Phi) is 24.2. The highest BCUT2D eigenvalue weighted by molar-refractivity contribution is 7.87. The molecule has 0 spiro atoms. The molecule has 6 fully saturated rings. The molecule has 6 saturated heterocycles. The van der Waals surface area contributed by atoms with Crippen molar-refractivity contribution in [1.29, 1.82) is 0 Å². The third-order valence-corrected chi connectivity index (χ3v) is 19.3. The van der Waals surface area contributed by atoms with Crippen molar-refractivity contribution in [3.05, 3.63) is 131 Å². The highest BCUT2D eigenvalue weighted by Gasteiger charge is 2.48. The molecular weight excluding hydrogens is 1210 g/mol. The first kappa shape index (κ1) is 73.1. The first-order chi connectivity index (χ1) is 42.9. The third-order valence-electron chi connectivity index (χ3n) is 16.5. The second-order valence-corrected chi connectivity index (χ2v) is 32.2. The van der Waals surface area contributed by atoms with Crippen molar-refractivity contribution in [1.82, 2.24) is 29.4 Å². The number of aryl methyl sites for hydroxylation is 2. The van der Waals surface area contributed by atoms with E-state index in [-0.39, 0.29) is 47.2 Å². The Morgan fingerprint density at radius 2 is 0.685 bits per heavy atom. The van der Waals surface area contributed by atoms with Gasteiger partial charge in [-0.3, -0.25) is 18.2 Å². The molecule has 4 amide bonds. The van der Waals surface area contributed by atoms with Crippen molar-refractivity contribution in [2.45, 2.75) is 243 Å². The molecule has 20 nitrogen and oxygen atoms in total. The van der Waals surface area contributed by atoms with E-state index in [1.165, 1.54) is 35.4 Å². The van der Waals surface area contributed by atoms with Gasteiger partial charge in [0, 0.05) is 75.5 Å². The van der Waals surface area contributed by atoms with Crippen LogP contribution in [0.1, 0.15) is 158 Å². The van der Waals surface area contributed by atoms with Crippen LogP contribution in [0.15, 0.2) is 119 Å². The highest BCUT2D eigenvalue weighted by atomic mass is 32.2. The summed E-state index contributed by atoms with van der Waals surface area (Å²) >= 11 is 0. The number of amides is 4. The Bertz CT molecular complexity index is 3090. The zero-order valence-corrected chi connectivity index (χ0v) is 58.8. The van der Waals surface area contributed by atoms with Crippen LogP contribution in [0.3, 0.4) is 0 Å². The molecule has 0 saturated carbocycles. The second-order valence-electron chi connectivity index (χ2n) is 29.0. The average molecular weight is 1320 g/mol. The molecule has 0 aliphatic carbocycles. The molecular formula is C70H102N6O14S2. The maximum atomic E-state index is 12.4. The number of carbonyl (C=O) groups is 4. The topological polar surface area (TPSA) is 211 Å². The zero-order valence-electron chi connectivity index (χ0n) is 57.1. The quantitative estimate of drug-likeness (QED) is 0.0953. The molecule has 4 bridgehead atoms. The monoisotopic (exact) mass is 1310 g/mol. The van der Waals surface area contributed by atoms with Gasteiger partial charge < -0.3 is 38.5 Å². The molecule has 0 aromatic heterocycles. The minimum Gasteiger partial charge on any atom is -0.444 e. The predicted octanol–water partition coefficient (Wildman–Crippen LogP) is 12.7. The maximum absolute atomic E-state index is 12.4. The Morgan fingerprint density at radius 1 is 0.391 bits per heavy atom. The standard InChI is InChI=1S/2C18H27NO5S.2C17H24N2O2/c2*1-6-14-11-15(12-19(14)17(20)23-18(3,4)5)24-25(21,22)16-9-7-13(2)8-10-16;2*1-17(2,3)21-16(20)19-12-14-9-15(19)11-18(14)10-13-7-5-4-6-8-13/h2*7-10,14-15H,6,11-12H2,1-5H3;2*4-8,14-15H,9-12H2,1-3H3/t4*14-,15-/m1010/s1. The number of benzene rings is 4. The van der Waals surface area contributed by atoms with Gasteiger partial charge in [-0.2, -0.15) is 16.8 Å². The van der Waals surface area contributed by atoms with Gasteiger partial charge in [0.25, 0.3) is 20.2 Å².